The normalized spacial score (nSPS) is 13.0. The molecule has 0 aromatic heterocycles. The Kier molecular flexibility index (Phi) is 5.06. The van der Waals surface area contributed by atoms with E-state index in [9.17, 15) is 18.3 Å². The third-order valence-corrected chi connectivity index (χ3v) is 4.28. The van der Waals surface area contributed by atoms with Gasteiger partial charge in [-0.25, -0.2) is 0 Å². The topological polar surface area (TPSA) is 32.3 Å². The predicted molar refractivity (Wildman–Crippen MR) is 100 cm³/mol. The van der Waals surface area contributed by atoms with E-state index in [0.717, 1.165) is 23.3 Å². The summed E-state index contributed by atoms with van der Waals surface area (Å²) in [6, 6.07) is 8.69. The van der Waals surface area contributed by atoms with Crippen LogP contribution < -0.4 is 5.32 Å². The van der Waals surface area contributed by atoms with Crippen LogP contribution in [-0.2, 0) is 17.0 Å². The van der Waals surface area contributed by atoms with Gasteiger partial charge in [-0.3, -0.25) is 0 Å². The number of aromatic hydroxyl groups is 1. The summed E-state index contributed by atoms with van der Waals surface area (Å²) < 4.78 is 38.3. The van der Waals surface area contributed by atoms with Crippen molar-refractivity contribution in [3.05, 3.63) is 53.1 Å². The van der Waals surface area contributed by atoms with Crippen molar-refractivity contribution in [2.24, 2.45) is 0 Å². The van der Waals surface area contributed by atoms with E-state index < -0.39 is 11.7 Å². The molecule has 0 aliphatic carbocycles. The van der Waals surface area contributed by atoms with Gasteiger partial charge in [0.1, 0.15) is 5.75 Å². The molecule has 0 fully saturated rings. The van der Waals surface area contributed by atoms with Gasteiger partial charge in [0, 0.05) is 11.3 Å². The zero-order chi connectivity index (χ0) is 19.9. The summed E-state index contributed by atoms with van der Waals surface area (Å²) in [6.45, 7) is 12.1. The van der Waals surface area contributed by atoms with Crippen LogP contribution in [0.5, 0.6) is 5.75 Å². The first-order chi connectivity index (χ1) is 11.7. The third-order valence-electron chi connectivity index (χ3n) is 4.28. The van der Waals surface area contributed by atoms with Gasteiger partial charge in [-0.2, -0.15) is 13.2 Å². The molecule has 0 atom stereocenters. The van der Waals surface area contributed by atoms with E-state index in [2.05, 4.69) is 5.32 Å². The Morgan fingerprint density at radius 3 is 1.62 bits per heavy atom. The Hall–Kier alpha value is -2.17. The molecule has 2 aromatic rings. The number of halogens is 3. The summed E-state index contributed by atoms with van der Waals surface area (Å²) >= 11 is 0. The van der Waals surface area contributed by atoms with Crippen molar-refractivity contribution in [1.82, 2.24) is 0 Å². The van der Waals surface area contributed by atoms with E-state index >= 15 is 0 Å². The second-order valence-corrected chi connectivity index (χ2v) is 8.58. The summed E-state index contributed by atoms with van der Waals surface area (Å²) in [6.07, 6.45) is -4.37. The van der Waals surface area contributed by atoms with Crippen LogP contribution in [0.25, 0.3) is 0 Å². The SMILES string of the molecule is CC(C)(C)c1ccc(C(C)(C)C)c(Nc2ccc(C(F)(F)F)cc2)c1O. The summed E-state index contributed by atoms with van der Waals surface area (Å²) in [7, 11) is 0. The van der Waals surface area contributed by atoms with Gasteiger partial charge >= 0.3 is 6.18 Å². The molecule has 2 aromatic carbocycles. The van der Waals surface area contributed by atoms with Crippen LogP contribution in [0.15, 0.2) is 36.4 Å². The minimum absolute atomic E-state index is 0.129. The van der Waals surface area contributed by atoms with Gasteiger partial charge in [0.15, 0.2) is 0 Å². The lowest BCUT2D eigenvalue weighted by Gasteiger charge is -2.29. The molecule has 0 aliphatic rings. The second kappa shape index (κ2) is 6.53. The Labute approximate surface area is 153 Å². The zero-order valence-electron chi connectivity index (χ0n) is 16.0. The van der Waals surface area contributed by atoms with E-state index in [1.165, 1.54) is 12.1 Å². The number of phenolic OH excluding ortho intramolecular Hbond substituents is 1. The molecule has 0 amide bonds. The van der Waals surface area contributed by atoms with E-state index in [0.29, 0.717) is 11.4 Å². The number of hydrogen-bond donors (Lipinski definition) is 2. The maximum atomic E-state index is 12.8. The molecule has 0 unspecified atom stereocenters. The molecule has 0 saturated heterocycles. The molecule has 142 valence electrons. The van der Waals surface area contributed by atoms with E-state index in [4.69, 9.17) is 0 Å². The highest BCUT2D eigenvalue weighted by molar-refractivity contribution is 5.73. The molecule has 26 heavy (non-hydrogen) atoms. The molecule has 5 heteroatoms. The minimum atomic E-state index is -4.37. The number of hydrogen-bond acceptors (Lipinski definition) is 2. The lowest BCUT2D eigenvalue weighted by Crippen LogP contribution is -2.17. The predicted octanol–water partition coefficient (Wildman–Crippen LogP) is 6.75. The molecule has 0 spiro atoms. The Morgan fingerprint density at radius 2 is 1.19 bits per heavy atom. The van der Waals surface area contributed by atoms with Gasteiger partial charge in [0.05, 0.1) is 11.3 Å². The van der Waals surface area contributed by atoms with E-state index in [-0.39, 0.29) is 16.6 Å². The molecule has 0 aliphatic heterocycles. The highest BCUT2D eigenvalue weighted by Crippen LogP contribution is 2.43. The van der Waals surface area contributed by atoms with Crippen molar-refractivity contribution >= 4 is 11.4 Å². The lowest BCUT2D eigenvalue weighted by molar-refractivity contribution is -0.137. The van der Waals surface area contributed by atoms with Crippen LogP contribution in [-0.4, -0.2) is 5.11 Å². The maximum Gasteiger partial charge on any atom is 0.416 e. The van der Waals surface area contributed by atoms with Crippen LogP contribution in [0, 0.1) is 0 Å². The maximum absolute atomic E-state index is 12.8. The van der Waals surface area contributed by atoms with Gasteiger partial charge in [-0.15, -0.1) is 0 Å². The summed E-state index contributed by atoms with van der Waals surface area (Å²) in [5.74, 6) is 0.129. The van der Waals surface area contributed by atoms with Crippen LogP contribution in [0.3, 0.4) is 0 Å². The van der Waals surface area contributed by atoms with E-state index in [1.807, 2.05) is 53.7 Å². The van der Waals surface area contributed by atoms with Crippen LogP contribution in [0.2, 0.25) is 0 Å². The third kappa shape index (κ3) is 4.32. The first-order valence-electron chi connectivity index (χ1n) is 8.52. The van der Waals surface area contributed by atoms with Crippen LogP contribution in [0.1, 0.15) is 58.2 Å². The van der Waals surface area contributed by atoms with Gasteiger partial charge in [-0.05, 0) is 40.7 Å². The fraction of sp³-hybridized carbons (Fsp3) is 0.429. The monoisotopic (exact) mass is 365 g/mol. The number of nitrogens with one attached hydrogen (secondary N) is 1. The van der Waals surface area contributed by atoms with E-state index in [1.54, 1.807) is 0 Å². The van der Waals surface area contributed by atoms with Crippen molar-refractivity contribution < 1.29 is 18.3 Å². The van der Waals surface area contributed by atoms with Crippen molar-refractivity contribution in [1.29, 1.82) is 0 Å². The zero-order valence-corrected chi connectivity index (χ0v) is 16.0. The first kappa shape index (κ1) is 20.1. The van der Waals surface area contributed by atoms with Gasteiger partial charge in [-0.1, -0.05) is 53.7 Å². The lowest BCUT2D eigenvalue weighted by atomic mass is 9.80. The molecule has 2 rings (SSSR count). The van der Waals surface area contributed by atoms with Crippen LogP contribution in [0.4, 0.5) is 24.5 Å². The molecule has 0 saturated carbocycles. The molecule has 0 bridgehead atoms. The Bertz CT molecular complexity index is 779. The second-order valence-electron chi connectivity index (χ2n) is 8.58. The number of phenols is 1. The summed E-state index contributed by atoms with van der Waals surface area (Å²) in [5.41, 5.74) is 1.48. The Balaban J connectivity index is 2.53. The van der Waals surface area contributed by atoms with Crippen LogP contribution >= 0.6 is 0 Å². The molecule has 0 heterocycles. The smallest absolute Gasteiger partial charge is 0.416 e. The first-order valence-corrected chi connectivity index (χ1v) is 8.52. The minimum Gasteiger partial charge on any atom is -0.505 e. The van der Waals surface area contributed by atoms with Crippen molar-refractivity contribution in [3.63, 3.8) is 0 Å². The number of rotatable bonds is 2. The number of anilines is 2. The molecule has 2 nitrogen and oxygen atoms in total. The largest absolute Gasteiger partial charge is 0.505 e. The summed E-state index contributed by atoms with van der Waals surface area (Å²) in [4.78, 5) is 0. The number of alkyl halides is 3. The molecule has 0 radical (unpaired) electrons. The van der Waals surface area contributed by atoms with Crippen molar-refractivity contribution in [2.75, 3.05) is 5.32 Å². The highest BCUT2D eigenvalue weighted by Gasteiger charge is 2.30. The average Bonchev–Trinajstić information content (AvgIpc) is 2.46. The average molecular weight is 365 g/mol. The highest BCUT2D eigenvalue weighted by atomic mass is 19.4. The fourth-order valence-electron chi connectivity index (χ4n) is 2.83. The summed E-state index contributed by atoms with van der Waals surface area (Å²) in [5, 5.41) is 14.0. The van der Waals surface area contributed by atoms with Gasteiger partial charge in [0.25, 0.3) is 0 Å². The van der Waals surface area contributed by atoms with Crippen molar-refractivity contribution in [3.8, 4) is 5.75 Å². The molecular weight excluding hydrogens is 339 g/mol. The Morgan fingerprint density at radius 1 is 0.731 bits per heavy atom. The number of benzene rings is 2. The standard InChI is InChI=1S/C21H26F3NO/c1-19(2,3)15-11-12-16(20(4,5)6)18(26)17(15)25-14-9-7-13(8-10-14)21(22,23)24/h7-12,25-26H,1-6H3. The fourth-order valence-corrected chi connectivity index (χ4v) is 2.83. The molecular formula is C21H26F3NO. The molecule has 2 N–H and O–H groups in total. The van der Waals surface area contributed by atoms with Gasteiger partial charge in [0.2, 0.25) is 0 Å². The quantitative estimate of drug-likeness (QED) is 0.577. The van der Waals surface area contributed by atoms with Gasteiger partial charge < -0.3 is 10.4 Å². The van der Waals surface area contributed by atoms with Crippen molar-refractivity contribution in [2.45, 2.75) is 58.5 Å².